The van der Waals surface area contributed by atoms with Gasteiger partial charge >= 0.3 is 6.03 Å². The zero-order chi connectivity index (χ0) is 14.7. The summed E-state index contributed by atoms with van der Waals surface area (Å²) in [4.78, 5) is 27.8. The van der Waals surface area contributed by atoms with Crippen LogP contribution in [0, 0.1) is 12.3 Å². The van der Waals surface area contributed by atoms with Crippen LogP contribution in [-0.2, 0) is 4.79 Å². The van der Waals surface area contributed by atoms with Gasteiger partial charge in [-0.1, -0.05) is 18.1 Å². The number of aliphatic imine (C=N–C) groups is 1. The first-order chi connectivity index (χ1) is 9.52. The van der Waals surface area contributed by atoms with Crippen LogP contribution >= 0.6 is 0 Å². The third-order valence-corrected chi connectivity index (χ3v) is 2.87. The topological polar surface area (TPSA) is 87.8 Å². The Bertz CT molecular complexity index is 613. The molecule has 0 radical (unpaired) electrons. The second-order valence-electron chi connectivity index (χ2n) is 4.36. The molecule has 1 aliphatic heterocycles. The fraction of sp³-hybridized carbons (Fsp3) is 0.214. The lowest BCUT2D eigenvalue weighted by molar-refractivity contribution is -0.114. The van der Waals surface area contributed by atoms with Gasteiger partial charge in [0.25, 0.3) is 0 Å². The van der Waals surface area contributed by atoms with Crippen LogP contribution in [0.2, 0.25) is 0 Å². The van der Waals surface area contributed by atoms with E-state index in [0.29, 0.717) is 5.69 Å². The molecule has 0 aliphatic carbocycles. The number of hydrogen-bond acceptors (Lipinski definition) is 3. The molecule has 1 aromatic carbocycles. The van der Waals surface area contributed by atoms with Crippen LogP contribution in [0.1, 0.15) is 18.5 Å². The van der Waals surface area contributed by atoms with Gasteiger partial charge in [0, 0.05) is 12.6 Å². The van der Waals surface area contributed by atoms with E-state index in [4.69, 9.17) is 12.2 Å². The molecule has 0 bridgehead atoms. The number of nitrogens with two attached hydrogens (primary N) is 1. The Balaban J connectivity index is 2.26. The Labute approximate surface area is 116 Å². The number of carbonyl (C=O) groups is 2. The summed E-state index contributed by atoms with van der Waals surface area (Å²) < 4.78 is 0. The number of rotatable bonds is 3. The second-order valence-corrected chi connectivity index (χ2v) is 4.36. The summed E-state index contributed by atoms with van der Waals surface area (Å²) in [6.07, 6.45) is 5.25. The minimum atomic E-state index is -0.454. The highest BCUT2D eigenvalue weighted by Crippen LogP contribution is 2.27. The van der Waals surface area contributed by atoms with Gasteiger partial charge in [-0.3, -0.25) is 9.69 Å². The first kappa shape index (κ1) is 13.6. The fourth-order valence-corrected chi connectivity index (χ4v) is 2.07. The summed E-state index contributed by atoms with van der Waals surface area (Å²) in [6.45, 7) is 1.57. The Hall–Kier alpha value is -2.81. The minimum absolute atomic E-state index is 0.140. The van der Waals surface area contributed by atoms with Gasteiger partial charge in [-0.25, -0.2) is 4.79 Å². The molecule has 102 valence electrons. The molecule has 3 N–H and O–H groups in total. The number of anilines is 1. The number of amidine groups is 1. The molecule has 6 nitrogen and oxygen atoms in total. The maximum Gasteiger partial charge on any atom is 0.346 e. The van der Waals surface area contributed by atoms with Crippen LogP contribution in [0.15, 0.2) is 29.3 Å². The first-order valence-electron chi connectivity index (χ1n) is 5.98. The molecule has 0 saturated carbocycles. The third-order valence-electron chi connectivity index (χ3n) is 2.87. The van der Waals surface area contributed by atoms with Crippen molar-refractivity contribution in [2.75, 3.05) is 11.9 Å². The first-order valence-corrected chi connectivity index (χ1v) is 5.98. The molecule has 1 aromatic rings. The van der Waals surface area contributed by atoms with Crippen LogP contribution in [0.25, 0.3) is 0 Å². The lowest BCUT2D eigenvalue weighted by Crippen LogP contribution is -2.33. The van der Waals surface area contributed by atoms with Crippen LogP contribution in [0.4, 0.5) is 10.5 Å². The summed E-state index contributed by atoms with van der Waals surface area (Å²) in [5, 5.41) is 2.67. The Morgan fingerprint density at radius 2 is 2.15 bits per heavy atom. The largest absolute Gasteiger partial charge is 0.385 e. The molecule has 0 fully saturated rings. The lowest BCUT2D eigenvalue weighted by atomic mass is 10.0. The van der Waals surface area contributed by atoms with Crippen molar-refractivity contribution in [3.8, 4) is 12.3 Å². The van der Waals surface area contributed by atoms with Gasteiger partial charge in [-0.15, -0.1) is 6.42 Å². The van der Waals surface area contributed by atoms with E-state index in [0.717, 1.165) is 5.56 Å². The van der Waals surface area contributed by atoms with Crippen molar-refractivity contribution in [2.45, 2.75) is 13.0 Å². The van der Waals surface area contributed by atoms with Crippen LogP contribution in [0.5, 0.6) is 0 Å². The zero-order valence-corrected chi connectivity index (χ0v) is 11.0. The quantitative estimate of drug-likeness (QED) is 0.806. The number of nitrogens with zero attached hydrogens (tertiary/aromatic N) is 2. The highest BCUT2D eigenvalue weighted by molar-refractivity contribution is 6.03. The standard InChI is InChI=1S/C14H14N4O2/c1-3-8-18-12(13(15)17-14(18)20)10-4-6-11(7-5-10)16-9(2)19/h1,4-7,12H,8H2,2H3,(H,16,19)(H2,15,17,20). The van der Waals surface area contributed by atoms with Gasteiger partial charge in [-0.2, -0.15) is 4.99 Å². The third kappa shape index (κ3) is 2.62. The van der Waals surface area contributed by atoms with Crippen molar-refractivity contribution in [2.24, 2.45) is 10.7 Å². The van der Waals surface area contributed by atoms with Gasteiger partial charge in [0.2, 0.25) is 5.91 Å². The van der Waals surface area contributed by atoms with E-state index in [1.165, 1.54) is 11.8 Å². The van der Waals surface area contributed by atoms with E-state index in [-0.39, 0.29) is 18.3 Å². The number of hydrogen-bond donors (Lipinski definition) is 2. The molecule has 3 amide bonds. The molecule has 20 heavy (non-hydrogen) atoms. The molecule has 6 heteroatoms. The van der Waals surface area contributed by atoms with Crippen molar-refractivity contribution in [3.63, 3.8) is 0 Å². The SMILES string of the molecule is C#CCN1C(=O)N=C(N)C1c1ccc(NC(C)=O)cc1. The van der Waals surface area contributed by atoms with Crippen molar-refractivity contribution in [1.82, 2.24) is 4.90 Å². The number of amides is 3. The lowest BCUT2D eigenvalue weighted by Gasteiger charge is -2.22. The van der Waals surface area contributed by atoms with Crippen LogP contribution in [-0.4, -0.2) is 29.2 Å². The number of carbonyl (C=O) groups excluding carboxylic acids is 2. The van der Waals surface area contributed by atoms with E-state index >= 15 is 0 Å². The number of benzene rings is 1. The van der Waals surface area contributed by atoms with E-state index in [1.807, 2.05) is 0 Å². The van der Waals surface area contributed by atoms with E-state index < -0.39 is 12.1 Å². The molecular weight excluding hydrogens is 256 g/mol. The molecular formula is C14H14N4O2. The number of nitrogens with one attached hydrogen (secondary N) is 1. The van der Waals surface area contributed by atoms with Gasteiger partial charge in [0.1, 0.15) is 11.9 Å². The van der Waals surface area contributed by atoms with Crippen molar-refractivity contribution < 1.29 is 9.59 Å². The summed E-state index contributed by atoms with van der Waals surface area (Å²) in [7, 11) is 0. The van der Waals surface area contributed by atoms with Gasteiger partial charge in [0.15, 0.2) is 0 Å². The molecule has 2 rings (SSSR count). The normalized spacial score (nSPS) is 17.6. The predicted octanol–water partition coefficient (Wildman–Crippen LogP) is 1.11. The average Bonchev–Trinajstić information content (AvgIpc) is 2.65. The highest BCUT2D eigenvalue weighted by Gasteiger charge is 2.33. The molecule has 0 spiro atoms. The maximum atomic E-state index is 11.7. The average molecular weight is 270 g/mol. The summed E-state index contributed by atoms with van der Waals surface area (Å²) >= 11 is 0. The van der Waals surface area contributed by atoms with Gasteiger partial charge in [0.05, 0.1) is 6.54 Å². The van der Waals surface area contributed by atoms with Crippen molar-refractivity contribution in [3.05, 3.63) is 29.8 Å². The fourth-order valence-electron chi connectivity index (χ4n) is 2.07. The van der Waals surface area contributed by atoms with Gasteiger partial charge < -0.3 is 11.1 Å². The molecule has 1 atom stereocenters. The minimum Gasteiger partial charge on any atom is -0.385 e. The van der Waals surface area contributed by atoms with Crippen molar-refractivity contribution >= 4 is 23.5 Å². The molecule has 0 saturated heterocycles. The van der Waals surface area contributed by atoms with Gasteiger partial charge in [-0.05, 0) is 17.7 Å². The van der Waals surface area contributed by atoms with E-state index in [2.05, 4.69) is 16.2 Å². The van der Waals surface area contributed by atoms with Crippen molar-refractivity contribution in [1.29, 1.82) is 0 Å². The maximum absolute atomic E-state index is 11.7. The monoisotopic (exact) mass is 270 g/mol. The van der Waals surface area contributed by atoms with E-state index in [1.54, 1.807) is 24.3 Å². The zero-order valence-electron chi connectivity index (χ0n) is 11.0. The summed E-state index contributed by atoms with van der Waals surface area (Å²) in [5.41, 5.74) is 7.25. The molecule has 1 unspecified atom stereocenters. The molecule has 0 aromatic heterocycles. The smallest absolute Gasteiger partial charge is 0.346 e. The summed E-state index contributed by atoms with van der Waals surface area (Å²) in [5.74, 6) is 2.49. The Kier molecular flexibility index (Phi) is 3.71. The molecule has 1 aliphatic rings. The number of terminal acetylenes is 1. The van der Waals surface area contributed by atoms with E-state index in [9.17, 15) is 9.59 Å². The Morgan fingerprint density at radius 3 is 2.70 bits per heavy atom. The second kappa shape index (κ2) is 5.45. The predicted molar refractivity (Wildman–Crippen MR) is 76.0 cm³/mol. The highest BCUT2D eigenvalue weighted by atomic mass is 16.2. The molecule has 1 heterocycles. The van der Waals surface area contributed by atoms with Crippen LogP contribution in [0.3, 0.4) is 0 Å². The number of urea groups is 1. The van der Waals surface area contributed by atoms with Crippen LogP contribution < -0.4 is 11.1 Å². The Morgan fingerprint density at radius 1 is 1.50 bits per heavy atom. The summed E-state index contributed by atoms with van der Waals surface area (Å²) in [6, 6.07) is 6.14.